The number of nitrogens with zero attached hydrogens (tertiary/aromatic N) is 1. The molecular weight excluding hydrogens is 424 g/mol. The molecule has 1 atom stereocenters. The van der Waals surface area contributed by atoms with Gasteiger partial charge in [-0.1, -0.05) is 13.0 Å². The second-order valence-corrected chi connectivity index (χ2v) is 12.6. The van der Waals surface area contributed by atoms with Gasteiger partial charge in [-0.15, -0.1) is 0 Å². The Morgan fingerprint density at radius 1 is 1.12 bits per heavy atom. The summed E-state index contributed by atoms with van der Waals surface area (Å²) in [7, 11) is -3.65. The molecule has 0 radical (unpaired) electrons. The minimum absolute atomic E-state index is 0.105. The van der Waals surface area contributed by atoms with Crippen molar-refractivity contribution in [3.8, 4) is 0 Å². The van der Waals surface area contributed by atoms with Crippen LogP contribution in [0.4, 0.5) is 0 Å². The van der Waals surface area contributed by atoms with Crippen LogP contribution < -0.4 is 5.32 Å². The van der Waals surface area contributed by atoms with Gasteiger partial charge < -0.3 is 10.1 Å². The third-order valence-corrected chi connectivity index (χ3v) is 10.6. The van der Waals surface area contributed by atoms with E-state index in [9.17, 15) is 13.2 Å². The summed E-state index contributed by atoms with van der Waals surface area (Å²) >= 11 is 0. The van der Waals surface area contributed by atoms with Gasteiger partial charge in [0.1, 0.15) is 0 Å². The summed E-state index contributed by atoms with van der Waals surface area (Å²) in [6.45, 7) is 5.63. The predicted molar refractivity (Wildman–Crippen MR) is 123 cm³/mol. The number of rotatable bonds is 6. The number of hydrogen-bond donors (Lipinski definition) is 1. The average molecular weight is 461 g/mol. The fourth-order valence-electron chi connectivity index (χ4n) is 7.30. The molecule has 0 aromatic heterocycles. The maximum atomic E-state index is 13.3. The smallest absolute Gasteiger partial charge is 0.251 e. The van der Waals surface area contributed by atoms with E-state index in [1.165, 1.54) is 42.8 Å². The van der Waals surface area contributed by atoms with Crippen LogP contribution in [-0.4, -0.2) is 51.0 Å². The van der Waals surface area contributed by atoms with Crippen LogP contribution in [-0.2, 0) is 21.2 Å². The van der Waals surface area contributed by atoms with Crippen molar-refractivity contribution in [2.75, 3.05) is 26.3 Å². The Labute approximate surface area is 192 Å². The van der Waals surface area contributed by atoms with Crippen LogP contribution in [0.2, 0.25) is 0 Å². The highest BCUT2D eigenvalue weighted by Gasteiger charge is 2.53. The summed E-state index contributed by atoms with van der Waals surface area (Å²) in [5, 5.41) is 3.28. The molecule has 1 aliphatic heterocycles. The zero-order chi connectivity index (χ0) is 22.5. The predicted octanol–water partition coefficient (Wildman–Crippen LogP) is 3.60. The van der Waals surface area contributed by atoms with E-state index in [2.05, 4.69) is 12.2 Å². The Hall–Kier alpha value is -1.44. The summed E-state index contributed by atoms with van der Waals surface area (Å²) in [4.78, 5) is 13.5. The fraction of sp³-hybridized carbons (Fsp3) is 0.720. The largest absolute Gasteiger partial charge is 0.379 e. The summed E-state index contributed by atoms with van der Waals surface area (Å²) in [5.74, 6) is 2.33. The molecule has 1 heterocycles. The molecule has 4 aliphatic carbocycles. The Morgan fingerprint density at radius 3 is 2.28 bits per heavy atom. The maximum absolute atomic E-state index is 13.3. The number of ether oxygens (including phenoxy) is 1. The molecule has 6 rings (SSSR count). The minimum atomic E-state index is -3.65. The second-order valence-electron chi connectivity index (χ2n) is 10.7. The molecule has 0 spiro atoms. The van der Waals surface area contributed by atoms with Gasteiger partial charge in [-0.2, -0.15) is 4.31 Å². The number of nitrogens with one attached hydrogen (secondary N) is 1. The molecule has 6 nitrogen and oxygen atoms in total. The first-order chi connectivity index (χ1) is 15.3. The van der Waals surface area contributed by atoms with Crippen molar-refractivity contribution in [2.45, 2.75) is 69.7 Å². The highest BCUT2D eigenvalue weighted by atomic mass is 32.2. The molecule has 4 saturated carbocycles. The van der Waals surface area contributed by atoms with Crippen LogP contribution in [0.25, 0.3) is 0 Å². The number of amides is 1. The van der Waals surface area contributed by atoms with Gasteiger partial charge in [0, 0.05) is 24.7 Å². The Morgan fingerprint density at radius 2 is 1.72 bits per heavy atom. The molecule has 4 bridgehead atoms. The first-order valence-electron chi connectivity index (χ1n) is 12.3. The van der Waals surface area contributed by atoms with Crippen molar-refractivity contribution in [3.63, 3.8) is 0 Å². The van der Waals surface area contributed by atoms with E-state index in [4.69, 9.17) is 4.74 Å². The van der Waals surface area contributed by atoms with E-state index >= 15 is 0 Å². The number of sulfonamides is 1. The molecule has 1 amide bonds. The summed E-state index contributed by atoms with van der Waals surface area (Å²) in [6, 6.07) is 5.27. The van der Waals surface area contributed by atoms with Crippen LogP contribution in [0.5, 0.6) is 0 Å². The van der Waals surface area contributed by atoms with Crippen molar-refractivity contribution in [1.82, 2.24) is 9.62 Å². The standard InChI is InChI=1S/C25H36N2O4S/c1-3-21-4-5-22(13-23(21)32(29,30)27-6-8-31-9-7-27)24(28)26-17(2)25-14-18-10-19(15-25)12-20(11-18)16-25/h4-5,13,17-20H,3,6-12,14-16H2,1-2H3,(H,26,28)/t17-,18?,19?,20?,25?/m0/s1. The van der Waals surface area contributed by atoms with Crippen LogP contribution >= 0.6 is 0 Å². The van der Waals surface area contributed by atoms with Crippen molar-refractivity contribution < 1.29 is 17.9 Å². The van der Waals surface area contributed by atoms with Crippen LogP contribution in [0, 0.1) is 23.2 Å². The summed E-state index contributed by atoms with van der Waals surface area (Å²) < 4.78 is 33.5. The van der Waals surface area contributed by atoms with Gasteiger partial charge >= 0.3 is 0 Å². The maximum Gasteiger partial charge on any atom is 0.251 e. The first kappa shape index (κ1) is 22.4. The quantitative estimate of drug-likeness (QED) is 0.704. The Balaban J connectivity index is 1.37. The lowest BCUT2D eigenvalue weighted by Crippen LogP contribution is -2.55. The molecule has 1 aromatic rings. The Bertz CT molecular complexity index is 948. The number of morpholine rings is 1. The van der Waals surface area contributed by atoms with Crippen molar-refractivity contribution in [3.05, 3.63) is 29.3 Å². The average Bonchev–Trinajstić information content (AvgIpc) is 2.78. The molecule has 1 aromatic carbocycles. The van der Waals surface area contributed by atoms with Gasteiger partial charge in [-0.25, -0.2) is 8.42 Å². The Kier molecular flexibility index (Phi) is 5.87. The number of aryl methyl sites for hydroxylation is 1. The van der Waals surface area contributed by atoms with Gasteiger partial charge in [0.05, 0.1) is 18.1 Å². The van der Waals surface area contributed by atoms with E-state index in [1.807, 2.05) is 6.92 Å². The summed E-state index contributed by atoms with van der Waals surface area (Å²) in [5.41, 5.74) is 1.41. The monoisotopic (exact) mass is 460 g/mol. The van der Waals surface area contributed by atoms with Gasteiger partial charge in [0.2, 0.25) is 10.0 Å². The third-order valence-electron chi connectivity index (χ3n) is 8.65. The van der Waals surface area contributed by atoms with Crippen LogP contribution in [0.3, 0.4) is 0 Å². The van der Waals surface area contributed by atoms with E-state index in [0.717, 1.165) is 23.3 Å². The van der Waals surface area contributed by atoms with Gasteiger partial charge in [-0.3, -0.25) is 4.79 Å². The van der Waals surface area contributed by atoms with Gasteiger partial charge in [0.15, 0.2) is 0 Å². The second kappa shape index (κ2) is 8.41. The van der Waals surface area contributed by atoms with E-state index in [0.29, 0.717) is 38.3 Å². The highest BCUT2D eigenvalue weighted by molar-refractivity contribution is 7.89. The number of carbonyl (C=O) groups excluding carboxylic acids is 1. The lowest BCUT2D eigenvalue weighted by Gasteiger charge is -2.59. The topological polar surface area (TPSA) is 75.7 Å². The van der Waals surface area contributed by atoms with E-state index < -0.39 is 10.0 Å². The number of hydrogen-bond acceptors (Lipinski definition) is 4. The molecule has 1 saturated heterocycles. The third kappa shape index (κ3) is 3.90. The highest BCUT2D eigenvalue weighted by Crippen LogP contribution is 2.61. The zero-order valence-corrected chi connectivity index (χ0v) is 20.1. The molecular formula is C25H36N2O4S. The SMILES string of the molecule is CCc1ccc(C(=O)N[C@@H](C)C23CC4CC(CC(C4)C2)C3)cc1S(=O)(=O)N1CCOCC1. The van der Waals surface area contributed by atoms with Crippen molar-refractivity contribution in [2.24, 2.45) is 23.2 Å². The lowest BCUT2D eigenvalue weighted by molar-refractivity contribution is -0.0688. The molecule has 32 heavy (non-hydrogen) atoms. The number of benzene rings is 1. The van der Waals surface area contributed by atoms with E-state index in [1.54, 1.807) is 18.2 Å². The van der Waals surface area contributed by atoms with Crippen LogP contribution in [0.15, 0.2) is 23.1 Å². The van der Waals surface area contributed by atoms with Crippen molar-refractivity contribution >= 4 is 15.9 Å². The van der Waals surface area contributed by atoms with Gasteiger partial charge in [-0.05, 0) is 92.7 Å². The first-order valence-corrected chi connectivity index (χ1v) is 13.8. The summed E-state index contributed by atoms with van der Waals surface area (Å²) in [6.07, 6.45) is 8.41. The van der Waals surface area contributed by atoms with Gasteiger partial charge in [0.25, 0.3) is 5.91 Å². The fourth-order valence-corrected chi connectivity index (χ4v) is 9.02. The molecule has 5 aliphatic rings. The minimum Gasteiger partial charge on any atom is -0.379 e. The van der Waals surface area contributed by atoms with E-state index in [-0.39, 0.29) is 22.3 Å². The molecule has 0 unspecified atom stereocenters. The molecule has 5 fully saturated rings. The number of carbonyl (C=O) groups is 1. The van der Waals surface area contributed by atoms with Crippen LogP contribution in [0.1, 0.15) is 68.3 Å². The lowest BCUT2D eigenvalue weighted by atomic mass is 9.48. The zero-order valence-electron chi connectivity index (χ0n) is 19.3. The molecule has 176 valence electrons. The molecule has 1 N–H and O–H groups in total. The molecule has 7 heteroatoms. The van der Waals surface area contributed by atoms with Crippen molar-refractivity contribution in [1.29, 1.82) is 0 Å². The normalized spacial score (nSPS) is 33.2.